The van der Waals surface area contributed by atoms with Gasteiger partial charge in [-0.2, -0.15) is 0 Å². The molecule has 0 fully saturated rings. The summed E-state index contributed by atoms with van der Waals surface area (Å²) in [7, 11) is 0. The Labute approximate surface area is 105 Å². The van der Waals surface area contributed by atoms with Crippen LogP contribution in [0.4, 0.5) is 0 Å². The third-order valence-corrected chi connectivity index (χ3v) is 2.63. The van der Waals surface area contributed by atoms with E-state index in [0.29, 0.717) is 11.8 Å². The highest BCUT2D eigenvalue weighted by Crippen LogP contribution is 2.25. The van der Waals surface area contributed by atoms with Gasteiger partial charge >= 0.3 is 0 Å². The number of ether oxygens (including phenoxy) is 1. The Hall–Kier alpha value is -1.02. The van der Waals surface area contributed by atoms with Crippen molar-refractivity contribution in [3.05, 3.63) is 29.8 Å². The van der Waals surface area contributed by atoms with Gasteiger partial charge in [0.2, 0.25) is 0 Å². The second kappa shape index (κ2) is 7.33. The molecule has 0 heterocycles. The first-order chi connectivity index (χ1) is 8.11. The van der Waals surface area contributed by atoms with E-state index < -0.39 is 0 Å². The largest absolute Gasteiger partial charge is 0.492 e. The van der Waals surface area contributed by atoms with Gasteiger partial charge in [0, 0.05) is 6.54 Å². The van der Waals surface area contributed by atoms with Gasteiger partial charge in [-0.1, -0.05) is 45.9 Å². The monoisotopic (exact) mass is 235 g/mol. The zero-order valence-electron chi connectivity index (χ0n) is 11.5. The van der Waals surface area contributed by atoms with Crippen LogP contribution in [-0.4, -0.2) is 19.7 Å². The van der Waals surface area contributed by atoms with Crippen LogP contribution in [0.25, 0.3) is 0 Å². The minimum Gasteiger partial charge on any atom is -0.492 e. The maximum Gasteiger partial charge on any atom is 0.122 e. The summed E-state index contributed by atoms with van der Waals surface area (Å²) in [5.41, 5.74) is 1.29. The molecule has 0 bridgehead atoms. The molecule has 0 aliphatic rings. The quantitative estimate of drug-likeness (QED) is 0.731. The van der Waals surface area contributed by atoms with Crippen molar-refractivity contribution in [3.63, 3.8) is 0 Å². The molecule has 0 aromatic heterocycles. The van der Waals surface area contributed by atoms with E-state index in [0.717, 1.165) is 25.4 Å². The van der Waals surface area contributed by atoms with E-state index in [2.05, 4.69) is 51.2 Å². The zero-order chi connectivity index (χ0) is 12.7. The predicted octanol–water partition coefficient (Wildman–Crippen LogP) is 3.43. The van der Waals surface area contributed by atoms with Crippen LogP contribution < -0.4 is 10.1 Å². The topological polar surface area (TPSA) is 21.3 Å². The molecule has 1 rings (SSSR count). The van der Waals surface area contributed by atoms with Crippen LogP contribution in [0.1, 0.15) is 39.2 Å². The molecule has 0 saturated carbocycles. The lowest BCUT2D eigenvalue weighted by Gasteiger charge is -2.14. The van der Waals surface area contributed by atoms with E-state index in [1.807, 2.05) is 6.07 Å². The van der Waals surface area contributed by atoms with Crippen molar-refractivity contribution in [2.45, 2.75) is 33.6 Å². The summed E-state index contributed by atoms with van der Waals surface area (Å²) in [6.07, 6.45) is 0. The highest BCUT2D eigenvalue weighted by molar-refractivity contribution is 5.35. The summed E-state index contributed by atoms with van der Waals surface area (Å²) >= 11 is 0. The standard InChI is InChI=1S/C15H25NO/c1-12(2)11-16-9-10-17-15-8-6-5-7-14(15)13(3)4/h5-8,12-13,16H,9-11H2,1-4H3. The molecule has 1 aromatic carbocycles. The second-order valence-electron chi connectivity index (χ2n) is 5.14. The molecule has 1 N–H and O–H groups in total. The summed E-state index contributed by atoms with van der Waals surface area (Å²) in [6, 6.07) is 8.29. The molecule has 1 aromatic rings. The highest BCUT2D eigenvalue weighted by Gasteiger charge is 2.06. The van der Waals surface area contributed by atoms with Gasteiger partial charge in [0.25, 0.3) is 0 Å². The Balaban J connectivity index is 2.36. The van der Waals surface area contributed by atoms with Gasteiger partial charge < -0.3 is 10.1 Å². The van der Waals surface area contributed by atoms with Crippen LogP contribution in [-0.2, 0) is 0 Å². The van der Waals surface area contributed by atoms with Crippen molar-refractivity contribution in [2.24, 2.45) is 5.92 Å². The minimum atomic E-state index is 0.509. The van der Waals surface area contributed by atoms with Gasteiger partial charge in [-0.15, -0.1) is 0 Å². The first-order valence-corrected chi connectivity index (χ1v) is 6.53. The molecule has 0 aliphatic carbocycles. The number of para-hydroxylation sites is 1. The lowest BCUT2D eigenvalue weighted by Crippen LogP contribution is -2.25. The van der Waals surface area contributed by atoms with Crippen LogP contribution in [0.5, 0.6) is 5.75 Å². The van der Waals surface area contributed by atoms with Crippen molar-refractivity contribution in [2.75, 3.05) is 19.7 Å². The Bertz CT molecular complexity index is 320. The smallest absolute Gasteiger partial charge is 0.122 e. The summed E-state index contributed by atoms with van der Waals surface area (Å²) in [6.45, 7) is 11.5. The number of rotatable bonds is 7. The van der Waals surface area contributed by atoms with E-state index in [1.54, 1.807) is 0 Å². The average Bonchev–Trinajstić information content (AvgIpc) is 2.28. The zero-order valence-corrected chi connectivity index (χ0v) is 11.5. The number of hydrogen-bond acceptors (Lipinski definition) is 2. The molecule has 0 atom stereocenters. The molecule has 2 nitrogen and oxygen atoms in total. The Morgan fingerprint density at radius 1 is 1.12 bits per heavy atom. The van der Waals surface area contributed by atoms with Crippen molar-refractivity contribution >= 4 is 0 Å². The van der Waals surface area contributed by atoms with Gasteiger partial charge in [0.1, 0.15) is 12.4 Å². The Morgan fingerprint density at radius 3 is 2.47 bits per heavy atom. The van der Waals surface area contributed by atoms with Gasteiger partial charge in [0.15, 0.2) is 0 Å². The van der Waals surface area contributed by atoms with Crippen molar-refractivity contribution in [1.82, 2.24) is 5.32 Å². The fourth-order valence-corrected chi connectivity index (χ4v) is 1.71. The molecular weight excluding hydrogens is 210 g/mol. The second-order valence-corrected chi connectivity index (χ2v) is 5.14. The van der Waals surface area contributed by atoms with Crippen LogP contribution in [0.3, 0.4) is 0 Å². The van der Waals surface area contributed by atoms with Gasteiger partial charge in [-0.3, -0.25) is 0 Å². The first-order valence-electron chi connectivity index (χ1n) is 6.53. The van der Waals surface area contributed by atoms with Crippen LogP contribution in [0.15, 0.2) is 24.3 Å². The fraction of sp³-hybridized carbons (Fsp3) is 0.600. The van der Waals surface area contributed by atoms with E-state index >= 15 is 0 Å². The summed E-state index contributed by atoms with van der Waals surface area (Å²) < 4.78 is 5.82. The SMILES string of the molecule is CC(C)CNCCOc1ccccc1C(C)C. The van der Waals surface area contributed by atoms with Crippen LogP contribution in [0, 0.1) is 5.92 Å². The third-order valence-electron chi connectivity index (χ3n) is 2.63. The minimum absolute atomic E-state index is 0.509. The molecule has 0 spiro atoms. The van der Waals surface area contributed by atoms with E-state index in [1.165, 1.54) is 5.56 Å². The van der Waals surface area contributed by atoms with Gasteiger partial charge in [-0.05, 0) is 30.0 Å². The first kappa shape index (κ1) is 14.0. The number of benzene rings is 1. The Morgan fingerprint density at radius 2 is 1.82 bits per heavy atom. The Kier molecular flexibility index (Phi) is 6.06. The molecule has 0 aliphatic heterocycles. The summed E-state index contributed by atoms with van der Waals surface area (Å²) in [5, 5.41) is 3.38. The molecular formula is C15H25NO. The maximum absolute atomic E-state index is 5.82. The van der Waals surface area contributed by atoms with Crippen molar-refractivity contribution < 1.29 is 4.74 Å². The van der Waals surface area contributed by atoms with E-state index in [4.69, 9.17) is 4.74 Å². The third kappa shape index (κ3) is 5.22. The van der Waals surface area contributed by atoms with Crippen molar-refractivity contribution in [1.29, 1.82) is 0 Å². The van der Waals surface area contributed by atoms with Crippen molar-refractivity contribution in [3.8, 4) is 5.75 Å². The molecule has 2 heteroatoms. The molecule has 0 amide bonds. The van der Waals surface area contributed by atoms with Crippen LogP contribution in [0.2, 0.25) is 0 Å². The molecule has 96 valence electrons. The summed E-state index contributed by atoms with van der Waals surface area (Å²) in [5.74, 6) is 2.22. The molecule has 0 radical (unpaired) electrons. The molecule has 17 heavy (non-hydrogen) atoms. The predicted molar refractivity (Wildman–Crippen MR) is 73.7 cm³/mol. The van der Waals surface area contributed by atoms with Crippen LogP contribution >= 0.6 is 0 Å². The van der Waals surface area contributed by atoms with Gasteiger partial charge in [-0.25, -0.2) is 0 Å². The molecule has 0 saturated heterocycles. The van der Waals surface area contributed by atoms with Gasteiger partial charge in [0.05, 0.1) is 0 Å². The number of nitrogens with one attached hydrogen (secondary N) is 1. The average molecular weight is 235 g/mol. The summed E-state index contributed by atoms with van der Waals surface area (Å²) in [4.78, 5) is 0. The lowest BCUT2D eigenvalue weighted by atomic mass is 10.0. The molecule has 0 unspecified atom stereocenters. The highest BCUT2D eigenvalue weighted by atomic mass is 16.5. The lowest BCUT2D eigenvalue weighted by molar-refractivity contribution is 0.307. The fourth-order valence-electron chi connectivity index (χ4n) is 1.71. The van der Waals surface area contributed by atoms with E-state index in [-0.39, 0.29) is 0 Å². The normalized spacial score (nSPS) is 11.2. The number of hydrogen-bond donors (Lipinski definition) is 1. The van der Waals surface area contributed by atoms with E-state index in [9.17, 15) is 0 Å². The maximum atomic E-state index is 5.82.